The molecule has 0 amide bonds. The molecule has 1 aromatic rings. The van der Waals surface area contributed by atoms with Gasteiger partial charge in [-0.15, -0.1) is 0 Å². The van der Waals surface area contributed by atoms with E-state index >= 15 is 0 Å². The van der Waals surface area contributed by atoms with Crippen LogP contribution in [0.25, 0.3) is 0 Å². The summed E-state index contributed by atoms with van der Waals surface area (Å²) in [5.74, 6) is 1.42. The van der Waals surface area contributed by atoms with Crippen molar-refractivity contribution in [1.82, 2.24) is 9.80 Å². The smallest absolute Gasteiger partial charge is 0.180 e. The highest BCUT2D eigenvalue weighted by Gasteiger charge is 2.20. The van der Waals surface area contributed by atoms with E-state index in [2.05, 4.69) is 16.8 Å². The van der Waals surface area contributed by atoms with Crippen LogP contribution in [-0.2, 0) is 0 Å². The van der Waals surface area contributed by atoms with E-state index in [1.807, 2.05) is 13.0 Å². The largest absolute Gasteiger partial charge is 0.496 e. The predicted octanol–water partition coefficient (Wildman–Crippen LogP) is 1.44. The van der Waals surface area contributed by atoms with Gasteiger partial charge >= 0.3 is 0 Å². The zero-order chi connectivity index (χ0) is 15.4. The number of hydrogen-bond acceptors (Lipinski definition) is 5. The Morgan fingerprint density at radius 1 is 1.10 bits per heavy atom. The molecule has 0 radical (unpaired) electrons. The van der Waals surface area contributed by atoms with Crippen molar-refractivity contribution in [1.29, 1.82) is 0 Å². The number of aryl methyl sites for hydroxylation is 1. The van der Waals surface area contributed by atoms with E-state index in [0.29, 0.717) is 17.9 Å². The summed E-state index contributed by atoms with van der Waals surface area (Å²) in [7, 11) is 5.31. The minimum atomic E-state index is 0.0784. The SMILES string of the molecule is COc1cc(C(=O)CN2CCN(C)CC2)c(OC)cc1C. The van der Waals surface area contributed by atoms with Gasteiger partial charge in [-0.05, 0) is 31.7 Å². The van der Waals surface area contributed by atoms with Crippen LogP contribution in [0.15, 0.2) is 12.1 Å². The van der Waals surface area contributed by atoms with Gasteiger partial charge in [0, 0.05) is 26.2 Å². The number of methoxy groups -OCH3 is 2. The molecule has 1 heterocycles. The molecule has 0 aliphatic carbocycles. The van der Waals surface area contributed by atoms with E-state index in [1.54, 1.807) is 20.3 Å². The van der Waals surface area contributed by atoms with Gasteiger partial charge in [-0.1, -0.05) is 0 Å². The molecule has 0 aromatic heterocycles. The highest BCUT2D eigenvalue weighted by Crippen LogP contribution is 2.28. The monoisotopic (exact) mass is 292 g/mol. The lowest BCUT2D eigenvalue weighted by Crippen LogP contribution is -2.46. The molecule has 1 saturated heterocycles. The van der Waals surface area contributed by atoms with Gasteiger partial charge in [0.2, 0.25) is 0 Å². The van der Waals surface area contributed by atoms with Gasteiger partial charge in [-0.2, -0.15) is 0 Å². The molecule has 1 fully saturated rings. The molecule has 0 N–H and O–H groups in total. The van der Waals surface area contributed by atoms with Gasteiger partial charge in [-0.3, -0.25) is 9.69 Å². The van der Waals surface area contributed by atoms with Crippen LogP contribution in [0.1, 0.15) is 15.9 Å². The summed E-state index contributed by atoms with van der Waals surface area (Å²) in [4.78, 5) is 17.0. The molecule has 21 heavy (non-hydrogen) atoms. The highest BCUT2D eigenvalue weighted by atomic mass is 16.5. The minimum absolute atomic E-state index is 0.0784. The lowest BCUT2D eigenvalue weighted by molar-refractivity contribution is 0.0873. The van der Waals surface area contributed by atoms with Gasteiger partial charge in [0.1, 0.15) is 11.5 Å². The number of ketones is 1. The third-order valence-corrected chi connectivity index (χ3v) is 3.98. The van der Waals surface area contributed by atoms with Crippen LogP contribution in [0.4, 0.5) is 0 Å². The van der Waals surface area contributed by atoms with Crippen LogP contribution in [0.2, 0.25) is 0 Å². The Morgan fingerprint density at radius 3 is 2.29 bits per heavy atom. The fraction of sp³-hybridized carbons (Fsp3) is 0.562. The van der Waals surface area contributed by atoms with Crippen molar-refractivity contribution in [2.24, 2.45) is 0 Å². The highest BCUT2D eigenvalue weighted by molar-refractivity contribution is 6.00. The number of Topliss-reactive ketones (excluding diaryl/α,β-unsaturated/α-hetero) is 1. The van der Waals surface area contributed by atoms with E-state index in [-0.39, 0.29) is 5.78 Å². The first-order valence-corrected chi connectivity index (χ1v) is 7.22. The molecule has 2 rings (SSSR count). The lowest BCUT2D eigenvalue weighted by atomic mass is 10.1. The maximum absolute atomic E-state index is 12.6. The average Bonchev–Trinajstić information content (AvgIpc) is 2.49. The minimum Gasteiger partial charge on any atom is -0.496 e. The number of carbonyl (C=O) groups excluding carboxylic acids is 1. The number of rotatable bonds is 5. The fourth-order valence-corrected chi connectivity index (χ4v) is 2.56. The van der Waals surface area contributed by atoms with E-state index in [4.69, 9.17) is 9.47 Å². The van der Waals surface area contributed by atoms with Crippen LogP contribution < -0.4 is 9.47 Å². The van der Waals surface area contributed by atoms with E-state index < -0.39 is 0 Å². The number of ether oxygens (including phenoxy) is 2. The van der Waals surface area contributed by atoms with Crippen molar-refractivity contribution in [3.63, 3.8) is 0 Å². The molecule has 0 atom stereocenters. The lowest BCUT2D eigenvalue weighted by Gasteiger charge is -2.31. The Labute approximate surface area is 126 Å². The van der Waals surface area contributed by atoms with Crippen LogP contribution >= 0.6 is 0 Å². The Morgan fingerprint density at radius 2 is 1.71 bits per heavy atom. The molecule has 0 bridgehead atoms. The summed E-state index contributed by atoms with van der Waals surface area (Å²) < 4.78 is 10.7. The normalized spacial score (nSPS) is 16.8. The molecule has 5 nitrogen and oxygen atoms in total. The number of likely N-dealkylation sites (N-methyl/N-ethyl adjacent to an activating group) is 1. The summed E-state index contributed by atoms with van der Waals surface area (Å²) >= 11 is 0. The molecule has 0 spiro atoms. The molecular weight excluding hydrogens is 268 g/mol. The Balaban J connectivity index is 2.14. The van der Waals surface area contributed by atoms with E-state index in [1.165, 1.54) is 0 Å². The number of benzene rings is 1. The van der Waals surface area contributed by atoms with Crippen molar-refractivity contribution in [2.45, 2.75) is 6.92 Å². The molecule has 1 aromatic carbocycles. The number of nitrogens with zero attached hydrogens (tertiary/aromatic N) is 2. The zero-order valence-electron chi connectivity index (χ0n) is 13.3. The Bertz CT molecular complexity index is 508. The fourth-order valence-electron chi connectivity index (χ4n) is 2.56. The third kappa shape index (κ3) is 3.74. The molecule has 116 valence electrons. The Hall–Kier alpha value is -1.59. The molecule has 0 unspecified atom stereocenters. The first kappa shape index (κ1) is 15.8. The van der Waals surface area contributed by atoms with Crippen LogP contribution in [0, 0.1) is 6.92 Å². The van der Waals surface area contributed by atoms with Gasteiger partial charge in [-0.25, -0.2) is 0 Å². The predicted molar refractivity (Wildman–Crippen MR) is 82.6 cm³/mol. The quantitative estimate of drug-likeness (QED) is 0.768. The summed E-state index contributed by atoms with van der Waals surface area (Å²) in [6.07, 6.45) is 0. The van der Waals surface area contributed by atoms with Gasteiger partial charge in [0.05, 0.1) is 26.3 Å². The molecule has 1 aliphatic heterocycles. The Kier molecular flexibility index (Phi) is 5.20. The van der Waals surface area contributed by atoms with Crippen LogP contribution in [-0.4, -0.2) is 69.6 Å². The number of hydrogen-bond donors (Lipinski definition) is 0. The standard InChI is InChI=1S/C16H24N2O3/c1-12-9-16(21-4)13(10-15(12)20-3)14(19)11-18-7-5-17(2)6-8-18/h9-10H,5-8,11H2,1-4H3. The second kappa shape index (κ2) is 6.91. The average molecular weight is 292 g/mol. The summed E-state index contributed by atoms with van der Waals surface area (Å²) in [6, 6.07) is 3.64. The van der Waals surface area contributed by atoms with Crippen LogP contribution in [0.3, 0.4) is 0 Å². The van der Waals surface area contributed by atoms with Crippen molar-refractivity contribution in [3.05, 3.63) is 23.3 Å². The van der Waals surface area contributed by atoms with Gasteiger partial charge in [0.15, 0.2) is 5.78 Å². The summed E-state index contributed by atoms with van der Waals surface area (Å²) in [6.45, 7) is 6.22. The summed E-state index contributed by atoms with van der Waals surface area (Å²) in [5, 5.41) is 0. The second-order valence-corrected chi connectivity index (χ2v) is 5.52. The van der Waals surface area contributed by atoms with E-state index in [0.717, 1.165) is 37.5 Å². The van der Waals surface area contributed by atoms with E-state index in [9.17, 15) is 4.79 Å². The van der Waals surface area contributed by atoms with Crippen molar-refractivity contribution in [3.8, 4) is 11.5 Å². The van der Waals surface area contributed by atoms with Gasteiger partial charge in [0.25, 0.3) is 0 Å². The van der Waals surface area contributed by atoms with Crippen molar-refractivity contribution < 1.29 is 14.3 Å². The number of carbonyl (C=O) groups is 1. The van der Waals surface area contributed by atoms with Crippen LogP contribution in [0.5, 0.6) is 11.5 Å². The molecular formula is C16H24N2O3. The van der Waals surface area contributed by atoms with Crippen molar-refractivity contribution in [2.75, 3.05) is 54.0 Å². The number of piperazine rings is 1. The first-order chi connectivity index (χ1) is 10.0. The molecule has 5 heteroatoms. The third-order valence-electron chi connectivity index (χ3n) is 3.98. The van der Waals surface area contributed by atoms with Crippen molar-refractivity contribution >= 4 is 5.78 Å². The summed E-state index contributed by atoms with van der Waals surface area (Å²) in [5.41, 5.74) is 1.56. The maximum Gasteiger partial charge on any atom is 0.180 e. The molecule has 0 saturated carbocycles. The van der Waals surface area contributed by atoms with Gasteiger partial charge < -0.3 is 14.4 Å². The zero-order valence-corrected chi connectivity index (χ0v) is 13.3. The maximum atomic E-state index is 12.6. The topological polar surface area (TPSA) is 42.0 Å². The molecule has 1 aliphatic rings. The second-order valence-electron chi connectivity index (χ2n) is 5.52. The first-order valence-electron chi connectivity index (χ1n) is 7.22.